The molecule has 0 unspecified atom stereocenters. The van der Waals surface area contributed by atoms with Gasteiger partial charge < -0.3 is 14.8 Å². The number of halogens is 1. The second-order valence-electron chi connectivity index (χ2n) is 4.44. The van der Waals surface area contributed by atoms with E-state index in [9.17, 15) is 4.39 Å². The highest BCUT2D eigenvalue weighted by Gasteiger charge is 2.07. The summed E-state index contributed by atoms with van der Waals surface area (Å²) < 4.78 is 24.0. The first-order valence-corrected chi connectivity index (χ1v) is 6.35. The highest BCUT2D eigenvalue weighted by molar-refractivity contribution is 5.52. The summed E-state index contributed by atoms with van der Waals surface area (Å²) in [6.45, 7) is 2.31. The van der Waals surface area contributed by atoms with Crippen molar-refractivity contribution < 1.29 is 13.9 Å². The van der Waals surface area contributed by atoms with Gasteiger partial charge in [-0.05, 0) is 31.2 Å². The molecule has 0 saturated heterocycles. The highest BCUT2D eigenvalue weighted by atomic mass is 19.1. The molecule has 0 atom stereocenters. The molecule has 0 aliphatic rings. The van der Waals surface area contributed by atoms with Crippen molar-refractivity contribution in [1.82, 2.24) is 0 Å². The third-order valence-corrected chi connectivity index (χ3v) is 3.23. The zero-order valence-corrected chi connectivity index (χ0v) is 11.9. The standard InChI is InChI=1S/C16H18FNO2/c1-11-14(17)5-4-6-15(11)18-10-12-7-8-13(19-2)9-16(12)20-3/h4-9,18H,10H2,1-3H3. The van der Waals surface area contributed by atoms with Crippen LogP contribution in [0, 0.1) is 12.7 Å². The predicted molar refractivity (Wildman–Crippen MR) is 78.0 cm³/mol. The lowest BCUT2D eigenvalue weighted by molar-refractivity contribution is 0.391. The Balaban J connectivity index is 2.16. The molecule has 1 N–H and O–H groups in total. The molecule has 0 spiro atoms. The number of nitrogens with one attached hydrogen (secondary N) is 1. The number of ether oxygens (including phenoxy) is 2. The number of anilines is 1. The minimum absolute atomic E-state index is 0.211. The fraction of sp³-hybridized carbons (Fsp3) is 0.250. The Labute approximate surface area is 118 Å². The Morgan fingerprint density at radius 3 is 2.60 bits per heavy atom. The van der Waals surface area contributed by atoms with Gasteiger partial charge in [0.2, 0.25) is 0 Å². The van der Waals surface area contributed by atoms with Crippen molar-refractivity contribution in [2.45, 2.75) is 13.5 Å². The van der Waals surface area contributed by atoms with E-state index in [1.54, 1.807) is 27.2 Å². The van der Waals surface area contributed by atoms with E-state index in [0.29, 0.717) is 12.1 Å². The highest BCUT2D eigenvalue weighted by Crippen LogP contribution is 2.26. The minimum atomic E-state index is -0.211. The van der Waals surface area contributed by atoms with Gasteiger partial charge in [-0.3, -0.25) is 0 Å². The molecule has 2 rings (SSSR count). The van der Waals surface area contributed by atoms with E-state index in [4.69, 9.17) is 9.47 Å². The van der Waals surface area contributed by atoms with E-state index < -0.39 is 0 Å². The summed E-state index contributed by atoms with van der Waals surface area (Å²) in [6, 6.07) is 10.6. The van der Waals surface area contributed by atoms with Crippen LogP contribution in [-0.4, -0.2) is 14.2 Å². The SMILES string of the molecule is COc1ccc(CNc2cccc(F)c2C)c(OC)c1. The average Bonchev–Trinajstić information content (AvgIpc) is 2.48. The van der Waals surface area contributed by atoms with Gasteiger partial charge in [0.05, 0.1) is 14.2 Å². The van der Waals surface area contributed by atoms with Crippen molar-refractivity contribution in [3.05, 3.63) is 53.3 Å². The van der Waals surface area contributed by atoms with Gasteiger partial charge in [-0.15, -0.1) is 0 Å². The zero-order valence-electron chi connectivity index (χ0n) is 11.9. The summed E-state index contributed by atoms with van der Waals surface area (Å²) >= 11 is 0. The maximum Gasteiger partial charge on any atom is 0.128 e. The van der Waals surface area contributed by atoms with Crippen LogP contribution in [0.15, 0.2) is 36.4 Å². The molecule has 20 heavy (non-hydrogen) atoms. The van der Waals surface area contributed by atoms with E-state index in [0.717, 1.165) is 22.7 Å². The van der Waals surface area contributed by atoms with Gasteiger partial charge in [0, 0.05) is 29.4 Å². The van der Waals surface area contributed by atoms with Crippen LogP contribution in [-0.2, 0) is 6.54 Å². The summed E-state index contributed by atoms with van der Waals surface area (Å²) in [7, 11) is 3.23. The molecule has 3 nitrogen and oxygen atoms in total. The fourth-order valence-electron chi connectivity index (χ4n) is 1.99. The van der Waals surface area contributed by atoms with E-state index >= 15 is 0 Å². The molecule has 0 aliphatic carbocycles. The molecule has 0 amide bonds. The maximum atomic E-state index is 13.5. The summed E-state index contributed by atoms with van der Waals surface area (Å²) in [5.41, 5.74) is 2.37. The Morgan fingerprint density at radius 2 is 1.90 bits per heavy atom. The molecule has 106 valence electrons. The summed E-state index contributed by atoms with van der Waals surface area (Å²) in [6.07, 6.45) is 0. The molecule has 4 heteroatoms. The molecule has 0 radical (unpaired) electrons. The number of benzene rings is 2. The Bertz CT molecular complexity index is 599. The molecule has 0 aromatic heterocycles. The molecule has 0 aliphatic heterocycles. The van der Waals surface area contributed by atoms with Gasteiger partial charge in [0.25, 0.3) is 0 Å². The first kappa shape index (κ1) is 14.2. The predicted octanol–water partition coefficient (Wildman–Crippen LogP) is 3.76. The molecule has 2 aromatic rings. The summed E-state index contributed by atoms with van der Waals surface area (Å²) in [5.74, 6) is 1.27. The fourth-order valence-corrected chi connectivity index (χ4v) is 1.99. The van der Waals surface area contributed by atoms with E-state index in [1.807, 2.05) is 24.3 Å². The van der Waals surface area contributed by atoms with Crippen LogP contribution >= 0.6 is 0 Å². The van der Waals surface area contributed by atoms with Crippen molar-refractivity contribution in [2.24, 2.45) is 0 Å². The van der Waals surface area contributed by atoms with Crippen molar-refractivity contribution in [3.8, 4) is 11.5 Å². The molecule has 2 aromatic carbocycles. The molecule has 0 bridgehead atoms. The van der Waals surface area contributed by atoms with Gasteiger partial charge in [-0.1, -0.05) is 6.07 Å². The van der Waals surface area contributed by atoms with Crippen molar-refractivity contribution in [1.29, 1.82) is 0 Å². The van der Waals surface area contributed by atoms with Crippen molar-refractivity contribution >= 4 is 5.69 Å². The first-order valence-electron chi connectivity index (χ1n) is 6.35. The van der Waals surface area contributed by atoms with Crippen LogP contribution in [0.2, 0.25) is 0 Å². The Morgan fingerprint density at radius 1 is 1.10 bits per heavy atom. The van der Waals surface area contributed by atoms with Crippen molar-refractivity contribution in [2.75, 3.05) is 19.5 Å². The molecular weight excluding hydrogens is 257 g/mol. The van der Waals surface area contributed by atoms with Crippen LogP contribution in [0.5, 0.6) is 11.5 Å². The minimum Gasteiger partial charge on any atom is -0.497 e. The van der Waals surface area contributed by atoms with Crippen LogP contribution in [0.1, 0.15) is 11.1 Å². The second-order valence-corrected chi connectivity index (χ2v) is 4.44. The number of hydrogen-bond donors (Lipinski definition) is 1. The molecule has 0 saturated carbocycles. The molecule has 0 heterocycles. The van der Waals surface area contributed by atoms with Crippen LogP contribution in [0.25, 0.3) is 0 Å². The smallest absolute Gasteiger partial charge is 0.128 e. The molecular formula is C16H18FNO2. The third-order valence-electron chi connectivity index (χ3n) is 3.23. The first-order chi connectivity index (χ1) is 9.65. The van der Waals surface area contributed by atoms with Gasteiger partial charge >= 0.3 is 0 Å². The average molecular weight is 275 g/mol. The summed E-state index contributed by atoms with van der Waals surface area (Å²) in [5, 5.41) is 3.22. The maximum absolute atomic E-state index is 13.5. The van der Waals surface area contributed by atoms with Gasteiger partial charge in [-0.2, -0.15) is 0 Å². The Hall–Kier alpha value is -2.23. The number of rotatable bonds is 5. The molecule has 0 fully saturated rings. The van der Waals surface area contributed by atoms with Crippen LogP contribution in [0.4, 0.5) is 10.1 Å². The Kier molecular flexibility index (Phi) is 4.45. The second kappa shape index (κ2) is 6.28. The lowest BCUT2D eigenvalue weighted by Gasteiger charge is -2.13. The topological polar surface area (TPSA) is 30.5 Å². The van der Waals surface area contributed by atoms with Crippen molar-refractivity contribution in [3.63, 3.8) is 0 Å². The van der Waals surface area contributed by atoms with Gasteiger partial charge in [0.1, 0.15) is 17.3 Å². The van der Waals surface area contributed by atoms with Gasteiger partial charge in [0.15, 0.2) is 0 Å². The van der Waals surface area contributed by atoms with Gasteiger partial charge in [-0.25, -0.2) is 4.39 Å². The number of methoxy groups -OCH3 is 2. The van der Waals surface area contributed by atoms with E-state index in [2.05, 4.69) is 5.32 Å². The zero-order chi connectivity index (χ0) is 14.5. The lowest BCUT2D eigenvalue weighted by atomic mass is 10.1. The monoisotopic (exact) mass is 275 g/mol. The third kappa shape index (κ3) is 3.02. The normalized spacial score (nSPS) is 10.2. The largest absolute Gasteiger partial charge is 0.497 e. The van der Waals surface area contributed by atoms with Crippen LogP contribution < -0.4 is 14.8 Å². The lowest BCUT2D eigenvalue weighted by Crippen LogP contribution is -2.04. The number of hydrogen-bond acceptors (Lipinski definition) is 3. The van der Waals surface area contributed by atoms with E-state index in [1.165, 1.54) is 6.07 Å². The summed E-state index contributed by atoms with van der Waals surface area (Å²) in [4.78, 5) is 0. The van der Waals surface area contributed by atoms with E-state index in [-0.39, 0.29) is 5.82 Å². The quantitative estimate of drug-likeness (QED) is 0.901. The van der Waals surface area contributed by atoms with Crippen LogP contribution in [0.3, 0.4) is 0 Å².